The smallest absolute Gasteiger partial charge is 0.355 e. The molecule has 0 amide bonds. The number of H-pyrrole nitrogens is 1. The van der Waals surface area contributed by atoms with Gasteiger partial charge in [0.1, 0.15) is 23.4 Å². The van der Waals surface area contributed by atoms with Gasteiger partial charge in [0, 0.05) is 19.0 Å². The molecule has 2 aromatic heterocycles. The predicted octanol–water partition coefficient (Wildman–Crippen LogP) is 4.23. The van der Waals surface area contributed by atoms with Crippen LogP contribution in [0.1, 0.15) is 35.8 Å². The number of rotatable bonds is 2. The molecule has 0 bridgehead atoms. The van der Waals surface area contributed by atoms with Gasteiger partial charge in [0.25, 0.3) is 0 Å². The zero-order valence-corrected chi connectivity index (χ0v) is 14.3. The Balaban J connectivity index is 1.54. The number of benzene rings is 1. The molecule has 3 heterocycles. The first-order valence-corrected chi connectivity index (χ1v) is 8.63. The maximum Gasteiger partial charge on any atom is 0.433 e. The number of hydrogen-bond donors (Lipinski definition) is 1. The molecule has 1 fully saturated rings. The van der Waals surface area contributed by atoms with Crippen molar-refractivity contribution in [3.63, 3.8) is 0 Å². The predicted molar refractivity (Wildman–Crippen MR) is 94.2 cm³/mol. The van der Waals surface area contributed by atoms with Crippen LogP contribution in [0.25, 0.3) is 11.0 Å². The minimum atomic E-state index is -4.53. The number of nitrogens with one attached hydrogen (secondary N) is 1. The summed E-state index contributed by atoms with van der Waals surface area (Å²) in [4.78, 5) is 13.4. The summed E-state index contributed by atoms with van der Waals surface area (Å²) in [6, 6.07) is 11.8. The second kappa shape index (κ2) is 6.58. The highest BCUT2D eigenvalue weighted by Crippen LogP contribution is 2.33. The lowest BCUT2D eigenvalue weighted by atomic mass is 9.96. The van der Waals surface area contributed by atoms with E-state index < -0.39 is 11.9 Å². The SMILES string of the molecule is N#Cc1ccc(C(F)(F)F)nc1N1CCC(c2nc3ccccc3[nH]2)CC1. The largest absolute Gasteiger partial charge is 0.433 e. The van der Waals surface area contributed by atoms with Gasteiger partial charge in [-0.2, -0.15) is 18.4 Å². The number of aromatic amines is 1. The molecule has 5 nitrogen and oxygen atoms in total. The first-order chi connectivity index (χ1) is 13.0. The third-order valence-electron chi connectivity index (χ3n) is 4.87. The topological polar surface area (TPSA) is 68.6 Å². The number of nitrogens with zero attached hydrogens (tertiary/aromatic N) is 4. The highest BCUT2D eigenvalue weighted by molar-refractivity contribution is 5.74. The van der Waals surface area contributed by atoms with Gasteiger partial charge in [-0.15, -0.1) is 0 Å². The van der Waals surface area contributed by atoms with E-state index in [9.17, 15) is 18.4 Å². The van der Waals surface area contributed by atoms with Crippen LogP contribution in [0.15, 0.2) is 36.4 Å². The Bertz CT molecular complexity index is 977. The number of imidazole rings is 1. The molecule has 8 heteroatoms. The van der Waals surface area contributed by atoms with Crippen molar-refractivity contribution in [1.82, 2.24) is 15.0 Å². The molecule has 4 rings (SSSR count). The Hall–Kier alpha value is -3.08. The molecule has 0 unspecified atom stereocenters. The number of pyridine rings is 1. The van der Waals surface area contributed by atoms with Gasteiger partial charge in [-0.3, -0.25) is 0 Å². The molecule has 3 aromatic rings. The maximum atomic E-state index is 13.0. The number of halogens is 3. The lowest BCUT2D eigenvalue weighted by Gasteiger charge is -2.32. The van der Waals surface area contributed by atoms with Crippen molar-refractivity contribution in [3.8, 4) is 6.07 Å². The maximum absolute atomic E-state index is 13.0. The van der Waals surface area contributed by atoms with Gasteiger partial charge in [0.2, 0.25) is 0 Å². The lowest BCUT2D eigenvalue weighted by Crippen LogP contribution is -2.34. The van der Waals surface area contributed by atoms with Crippen LogP contribution >= 0.6 is 0 Å². The van der Waals surface area contributed by atoms with E-state index in [2.05, 4.69) is 15.0 Å². The highest BCUT2D eigenvalue weighted by Gasteiger charge is 2.34. The van der Waals surface area contributed by atoms with Gasteiger partial charge < -0.3 is 9.88 Å². The Labute approximate surface area is 153 Å². The number of alkyl halides is 3. The summed E-state index contributed by atoms with van der Waals surface area (Å²) in [6.45, 7) is 1.04. The molecular formula is C19H16F3N5. The number of nitriles is 1. The summed E-state index contributed by atoms with van der Waals surface area (Å²) < 4.78 is 38.9. The zero-order valence-electron chi connectivity index (χ0n) is 14.3. The average Bonchev–Trinajstić information content (AvgIpc) is 3.11. The Morgan fingerprint density at radius 3 is 2.48 bits per heavy atom. The van der Waals surface area contributed by atoms with Gasteiger partial charge in [0.15, 0.2) is 0 Å². The second-order valence-electron chi connectivity index (χ2n) is 6.58. The van der Waals surface area contributed by atoms with E-state index in [1.807, 2.05) is 30.3 Å². The van der Waals surface area contributed by atoms with Gasteiger partial charge in [-0.1, -0.05) is 12.1 Å². The molecule has 1 N–H and O–H groups in total. The lowest BCUT2D eigenvalue weighted by molar-refractivity contribution is -0.141. The molecule has 0 radical (unpaired) electrons. The van der Waals surface area contributed by atoms with E-state index in [0.29, 0.717) is 13.1 Å². The fraction of sp³-hybridized carbons (Fsp3) is 0.316. The van der Waals surface area contributed by atoms with E-state index in [4.69, 9.17) is 0 Å². The van der Waals surface area contributed by atoms with Crippen LogP contribution in [-0.4, -0.2) is 28.0 Å². The highest BCUT2D eigenvalue weighted by atomic mass is 19.4. The van der Waals surface area contributed by atoms with Crippen LogP contribution in [0.2, 0.25) is 0 Å². The molecule has 1 aliphatic rings. The molecule has 0 saturated carbocycles. The third kappa shape index (κ3) is 3.33. The molecule has 0 spiro atoms. The Morgan fingerprint density at radius 1 is 1.07 bits per heavy atom. The summed E-state index contributed by atoms with van der Waals surface area (Å²) in [5, 5.41) is 9.24. The molecule has 1 aromatic carbocycles. The second-order valence-corrected chi connectivity index (χ2v) is 6.58. The molecular weight excluding hydrogens is 355 g/mol. The average molecular weight is 371 g/mol. The standard InChI is InChI=1S/C19H16F3N5/c20-19(21,22)16-6-5-13(11-23)18(26-16)27-9-7-12(8-10-27)17-24-14-3-1-2-4-15(14)25-17/h1-6,12H,7-10H2,(H,24,25). The van der Waals surface area contributed by atoms with Gasteiger partial charge >= 0.3 is 6.18 Å². The van der Waals surface area contributed by atoms with E-state index >= 15 is 0 Å². The fourth-order valence-electron chi connectivity index (χ4n) is 3.47. The van der Waals surface area contributed by atoms with E-state index in [1.54, 1.807) is 4.90 Å². The number of hydrogen-bond acceptors (Lipinski definition) is 4. The molecule has 0 atom stereocenters. The Morgan fingerprint density at radius 2 is 1.81 bits per heavy atom. The molecule has 138 valence electrons. The number of para-hydroxylation sites is 2. The first-order valence-electron chi connectivity index (χ1n) is 8.63. The monoisotopic (exact) mass is 371 g/mol. The molecule has 1 saturated heterocycles. The van der Waals surface area contributed by atoms with Crippen LogP contribution < -0.4 is 4.90 Å². The van der Waals surface area contributed by atoms with Crippen molar-refractivity contribution < 1.29 is 13.2 Å². The summed E-state index contributed by atoms with van der Waals surface area (Å²) in [5.41, 5.74) is 1.06. The van der Waals surface area contributed by atoms with Crippen LogP contribution in [0.4, 0.5) is 19.0 Å². The van der Waals surface area contributed by atoms with Crippen LogP contribution in [0.5, 0.6) is 0 Å². The molecule has 27 heavy (non-hydrogen) atoms. The number of aromatic nitrogens is 3. The number of piperidine rings is 1. The van der Waals surface area contributed by atoms with E-state index in [1.165, 1.54) is 6.07 Å². The Kier molecular flexibility index (Phi) is 4.22. The van der Waals surface area contributed by atoms with Crippen molar-refractivity contribution in [2.75, 3.05) is 18.0 Å². The van der Waals surface area contributed by atoms with Crippen molar-refractivity contribution in [1.29, 1.82) is 5.26 Å². The minimum Gasteiger partial charge on any atom is -0.355 e. The van der Waals surface area contributed by atoms with Crippen molar-refractivity contribution in [2.24, 2.45) is 0 Å². The summed E-state index contributed by atoms with van der Waals surface area (Å²) >= 11 is 0. The first kappa shape index (κ1) is 17.3. The van der Waals surface area contributed by atoms with Gasteiger partial charge in [-0.05, 0) is 37.1 Å². The molecule has 1 aliphatic heterocycles. The van der Waals surface area contributed by atoms with Gasteiger partial charge in [-0.25, -0.2) is 9.97 Å². The fourth-order valence-corrected chi connectivity index (χ4v) is 3.47. The number of fused-ring (bicyclic) bond motifs is 1. The van der Waals surface area contributed by atoms with Crippen molar-refractivity contribution in [2.45, 2.75) is 24.9 Å². The van der Waals surface area contributed by atoms with E-state index in [-0.39, 0.29) is 17.3 Å². The summed E-state index contributed by atoms with van der Waals surface area (Å²) in [5.74, 6) is 1.20. The van der Waals surface area contributed by atoms with Crippen LogP contribution in [0.3, 0.4) is 0 Å². The number of anilines is 1. The summed E-state index contributed by atoms with van der Waals surface area (Å²) in [6.07, 6.45) is -3.08. The zero-order chi connectivity index (χ0) is 19.0. The quantitative estimate of drug-likeness (QED) is 0.732. The summed E-state index contributed by atoms with van der Waals surface area (Å²) in [7, 11) is 0. The van der Waals surface area contributed by atoms with E-state index in [0.717, 1.165) is 35.8 Å². The van der Waals surface area contributed by atoms with Crippen LogP contribution in [-0.2, 0) is 6.18 Å². The van der Waals surface area contributed by atoms with Gasteiger partial charge in [0.05, 0.1) is 16.6 Å². The van der Waals surface area contributed by atoms with Crippen molar-refractivity contribution in [3.05, 3.63) is 53.5 Å². The normalized spacial score (nSPS) is 15.9. The molecule has 0 aliphatic carbocycles. The van der Waals surface area contributed by atoms with Crippen molar-refractivity contribution >= 4 is 16.9 Å². The van der Waals surface area contributed by atoms with Crippen LogP contribution in [0, 0.1) is 11.3 Å². The third-order valence-corrected chi connectivity index (χ3v) is 4.87. The minimum absolute atomic E-state index is 0.107.